The molecule has 1 heterocycles. The van der Waals surface area contributed by atoms with Gasteiger partial charge in [-0.3, -0.25) is 0 Å². The summed E-state index contributed by atoms with van der Waals surface area (Å²) in [6.07, 6.45) is 0. The number of ether oxygens (including phenoxy) is 1. The van der Waals surface area contributed by atoms with Gasteiger partial charge in [0.1, 0.15) is 11.1 Å². The van der Waals surface area contributed by atoms with Gasteiger partial charge in [-0.05, 0) is 57.5 Å². The average molecular weight is 293 g/mol. The van der Waals surface area contributed by atoms with Crippen molar-refractivity contribution in [2.24, 2.45) is 0 Å². The molecular weight excluding hydrogens is 272 g/mol. The zero-order valence-electron chi connectivity index (χ0n) is 13.6. The summed E-state index contributed by atoms with van der Waals surface area (Å²) in [6, 6.07) is 14.6. The fraction of sp³-hybridized carbons (Fsp3) is 0.250. The van der Waals surface area contributed by atoms with E-state index in [1.165, 1.54) is 11.1 Å². The first-order valence-corrected chi connectivity index (χ1v) is 7.66. The first kappa shape index (κ1) is 14.6. The number of hydrogen-bond donors (Lipinski definition) is 0. The van der Waals surface area contributed by atoms with Gasteiger partial charge in [-0.1, -0.05) is 17.7 Å². The number of fused-ring (bicyclic) bond motifs is 1. The highest BCUT2D eigenvalue weighted by atomic mass is 16.5. The zero-order valence-corrected chi connectivity index (χ0v) is 13.6. The molecule has 0 fully saturated rings. The summed E-state index contributed by atoms with van der Waals surface area (Å²) in [4.78, 5) is 0. The van der Waals surface area contributed by atoms with E-state index in [-0.39, 0.29) is 0 Å². The molecule has 0 radical (unpaired) electrons. The van der Waals surface area contributed by atoms with E-state index in [0.717, 1.165) is 33.6 Å². The molecule has 0 amide bonds. The summed E-state index contributed by atoms with van der Waals surface area (Å²) in [5.41, 5.74) is 5.54. The number of benzene rings is 2. The van der Waals surface area contributed by atoms with E-state index in [4.69, 9.17) is 9.15 Å². The SMILES string of the molecule is CCOc1cc(-c2ccc(C)cc2)[o+]c2c(C)cc(C)cc12. The van der Waals surface area contributed by atoms with Crippen molar-refractivity contribution >= 4 is 11.0 Å². The topological polar surface area (TPSA) is 20.5 Å². The predicted molar refractivity (Wildman–Crippen MR) is 91.4 cm³/mol. The van der Waals surface area contributed by atoms with Gasteiger partial charge >= 0.3 is 11.3 Å². The van der Waals surface area contributed by atoms with Crippen molar-refractivity contribution in [2.45, 2.75) is 27.7 Å². The Balaban J connectivity index is 2.26. The van der Waals surface area contributed by atoms with Crippen LogP contribution in [0.4, 0.5) is 0 Å². The van der Waals surface area contributed by atoms with Crippen LogP contribution in [0, 0.1) is 20.8 Å². The second-order valence-corrected chi connectivity index (χ2v) is 5.73. The van der Waals surface area contributed by atoms with Crippen molar-refractivity contribution < 1.29 is 9.15 Å². The molecule has 0 aliphatic carbocycles. The van der Waals surface area contributed by atoms with Crippen LogP contribution in [-0.4, -0.2) is 6.61 Å². The third-order valence-electron chi connectivity index (χ3n) is 3.79. The Morgan fingerprint density at radius 2 is 1.64 bits per heavy atom. The van der Waals surface area contributed by atoms with Crippen molar-refractivity contribution in [3.63, 3.8) is 0 Å². The van der Waals surface area contributed by atoms with Gasteiger partial charge in [0.05, 0.1) is 23.8 Å². The highest BCUT2D eigenvalue weighted by Crippen LogP contribution is 2.35. The number of rotatable bonds is 3. The maximum atomic E-state index is 6.18. The Labute approximate surface area is 131 Å². The normalized spacial score (nSPS) is 10.9. The molecule has 0 saturated carbocycles. The standard InChI is InChI=1S/C20H21O2/c1-5-21-19-12-18(16-8-6-13(2)7-9-16)22-20-15(4)10-14(3)11-17(19)20/h6-12H,5H2,1-4H3/q+1. The smallest absolute Gasteiger partial charge is 0.367 e. The Hall–Kier alpha value is -2.35. The molecular formula is C20H21O2+. The molecule has 112 valence electrons. The van der Waals surface area contributed by atoms with Crippen molar-refractivity contribution in [1.29, 1.82) is 0 Å². The van der Waals surface area contributed by atoms with Crippen LogP contribution in [0.1, 0.15) is 23.6 Å². The lowest BCUT2D eigenvalue weighted by atomic mass is 10.1. The van der Waals surface area contributed by atoms with Gasteiger partial charge in [0.2, 0.25) is 0 Å². The van der Waals surface area contributed by atoms with Crippen molar-refractivity contribution in [2.75, 3.05) is 6.61 Å². The van der Waals surface area contributed by atoms with E-state index in [2.05, 4.69) is 57.2 Å². The summed E-state index contributed by atoms with van der Waals surface area (Å²) in [6.45, 7) is 8.90. The second-order valence-electron chi connectivity index (χ2n) is 5.73. The van der Waals surface area contributed by atoms with Gasteiger partial charge in [0.25, 0.3) is 0 Å². The average Bonchev–Trinajstić information content (AvgIpc) is 2.49. The molecule has 3 rings (SSSR count). The molecule has 0 spiro atoms. The van der Waals surface area contributed by atoms with E-state index >= 15 is 0 Å². The third kappa shape index (κ3) is 2.69. The van der Waals surface area contributed by atoms with Gasteiger partial charge in [0, 0.05) is 0 Å². The molecule has 22 heavy (non-hydrogen) atoms. The van der Waals surface area contributed by atoms with Crippen molar-refractivity contribution in [3.8, 4) is 17.1 Å². The number of hydrogen-bond acceptors (Lipinski definition) is 1. The van der Waals surface area contributed by atoms with Crippen molar-refractivity contribution in [1.82, 2.24) is 0 Å². The summed E-state index contributed by atoms with van der Waals surface area (Å²) in [7, 11) is 0. The van der Waals surface area contributed by atoms with Crippen LogP contribution < -0.4 is 4.74 Å². The Morgan fingerprint density at radius 1 is 0.909 bits per heavy atom. The summed E-state index contributed by atoms with van der Waals surface area (Å²) in [5, 5.41) is 1.04. The van der Waals surface area contributed by atoms with Crippen LogP contribution in [-0.2, 0) is 0 Å². The fourth-order valence-corrected chi connectivity index (χ4v) is 2.74. The van der Waals surface area contributed by atoms with Gasteiger partial charge in [0.15, 0.2) is 0 Å². The Kier molecular flexibility index (Phi) is 3.84. The molecule has 0 aliphatic heterocycles. The lowest BCUT2D eigenvalue weighted by Crippen LogP contribution is -1.95. The number of aryl methyl sites for hydroxylation is 3. The van der Waals surface area contributed by atoms with E-state index in [0.29, 0.717) is 6.61 Å². The van der Waals surface area contributed by atoms with Crippen LogP contribution in [0.25, 0.3) is 22.3 Å². The van der Waals surface area contributed by atoms with E-state index in [1.54, 1.807) is 0 Å². The molecule has 0 unspecified atom stereocenters. The van der Waals surface area contributed by atoms with Gasteiger partial charge in [-0.2, -0.15) is 0 Å². The fourth-order valence-electron chi connectivity index (χ4n) is 2.74. The van der Waals surface area contributed by atoms with Crippen LogP contribution in [0.5, 0.6) is 5.75 Å². The highest BCUT2D eigenvalue weighted by molar-refractivity contribution is 5.88. The van der Waals surface area contributed by atoms with E-state index in [9.17, 15) is 0 Å². The lowest BCUT2D eigenvalue weighted by molar-refractivity contribution is 0.342. The zero-order chi connectivity index (χ0) is 15.7. The van der Waals surface area contributed by atoms with Crippen LogP contribution in [0.3, 0.4) is 0 Å². The Morgan fingerprint density at radius 3 is 2.32 bits per heavy atom. The van der Waals surface area contributed by atoms with E-state index < -0.39 is 0 Å². The maximum Gasteiger partial charge on any atom is 0.367 e. The summed E-state index contributed by atoms with van der Waals surface area (Å²) < 4.78 is 12.0. The van der Waals surface area contributed by atoms with Crippen LogP contribution >= 0.6 is 0 Å². The summed E-state index contributed by atoms with van der Waals surface area (Å²) in [5.74, 6) is 1.72. The molecule has 0 saturated heterocycles. The molecule has 2 nitrogen and oxygen atoms in total. The molecule has 2 aromatic carbocycles. The van der Waals surface area contributed by atoms with Gasteiger partial charge < -0.3 is 4.74 Å². The third-order valence-corrected chi connectivity index (χ3v) is 3.79. The van der Waals surface area contributed by atoms with Crippen LogP contribution in [0.15, 0.2) is 46.9 Å². The molecule has 0 bridgehead atoms. The minimum absolute atomic E-state index is 0.638. The first-order valence-electron chi connectivity index (χ1n) is 7.66. The highest BCUT2D eigenvalue weighted by Gasteiger charge is 2.22. The second kappa shape index (κ2) is 5.80. The predicted octanol–water partition coefficient (Wildman–Crippen LogP) is 5.70. The lowest BCUT2D eigenvalue weighted by Gasteiger charge is -2.06. The maximum absolute atomic E-state index is 6.18. The molecule has 3 aromatic rings. The van der Waals surface area contributed by atoms with E-state index in [1.807, 2.05) is 13.0 Å². The summed E-state index contributed by atoms with van der Waals surface area (Å²) >= 11 is 0. The molecule has 0 aliphatic rings. The van der Waals surface area contributed by atoms with Crippen LogP contribution in [0.2, 0.25) is 0 Å². The molecule has 1 aromatic heterocycles. The van der Waals surface area contributed by atoms with Gasteiger partial charge in [-0.15, -0.1) is 0 Å². The molecule has 0 atom stereocenters. The largest absolute Gasteiger partial charge is 0.493 e. The minimum Gasteiger partial charge on any atom is -0.493 e. The first-order chi connectivity index (χ1) is 10.6. The van der Waals surface area contributed by atoms with Crippen molar-refractivity contribution in [3.05, 3.63) is 59.2 Å². The Bertz CT molecular complexity index is 817. The molecule has 0 N–H and O–H groups in total. The monoisotopic (exact) mass is 293 g/mol. The quantitative estimate of drug-likeness (QED) is 0.577. The minimum atomic E-state index is 0.638. The molecule has 2 heteroatoms. The van der Waals surface area contributed by atoms with Gasteiger partial charge in [-0.25, -0.2) is 4.42 Å².